The molecule has 0 aromatic rings. The van der Waals surface area contributed by atoms with Crippen LogP contribution in [0, 0.1) is 6.42 Å². The molecule has 1 N–H and O–H groups in total. The van der Waals surface area contributed by atoms with E-state index in [9.17, 15) is 4.79 Å². The van der Waals surface area contributed by atoms with Crippen molar-refractivity contribution in [2.45, 2.75) is 13.3 Å². The summed E-state index contributed by atoms with van der Waals surface area (Å²) in [5, 5.41) is 8.24. The SMILES string of the molecule is CCOC(=O)[CH]CCO.[KH]. The Balaban J connectivity index is 0. The van der Waals surface area contributed by atoms with Crippen molar-refractivity contribution in [3.63, 3.8) is 0 Å². The quantitative estimate of drug-likeness (QED) is 0.457. The van der Waals surface area contributed by atoms with E-state index in [1.165, 1.54) is 6.42 Å². The predicted octanol–water partition coefficient (Wildman–Crippen LogP) is -0.512. The van der Waals surface area contributed by atoms with Crippen LogP contribution >= 0.6 is 0 Å². The fourth-order valence-electron chi connectivity index (χ4n) is 0.384. The Bertz CT molecular complexity index is 85.1. The molecule has 0 heterocycles. The molecule has 0 bridgehead atoms. The summed E-state index contributed by atoms with van der Waals surface area (Å²) in [7, 11) is 0. The zero-order valence-electron chi connectivity index (χ0n) is 5.46. The first-order valence-electron chi connectivity index (χ1n) is 2.92. The molecule has 1 radical (unpaired) electrons. The third-order valence-electron chi connectivity index (χ3n) is 0.727. The van der Waals surface area contributed by atoms with E-state index in [1.807, 2.05) is 0 Å². The second kappa shape index (κ2) is 10.1. The van der Waals surface area contributed by atoms with Crippen LogP contribution < -0.4 is 0 Å². The van der Waals surface area contributed by atoms with Gasteiger partial charge in [-0.2, -0.15) is 0 Å². The van der Waals surface area contributed by atoms with Gasteiger partial charge in [0.2, 0.25) is 0 Å². The average molecular weight is 171 g/mol. The van der Waals surface area contributed by atoms with Crippen molar-refractivity contribution in [1.82, 2.24) is 0 Å². The molecule has 4 heteroatoms. The van der Waals surface area contributed by atoms with Crippen molar-refractivity contribution in [3.8, 4) is 0 Å². The number of carbonyl (C=O) groups is 1. The summed E-state index contributed by atoms with van der Waals surface area (Å²) in [6.45, 7) is 2.13. The van der Waals surface area contributed by atoms with Crippen LogP contribution in [0.25, 0.3) is 0 Å². The van der Waals surface area contributed by atoms with E-state index in [4.69, 9.17) is 5.11 Å². The molecule has 3 nitrogen and oxygen atoms in total. The van der Waals surface area contributed by atoms with E-state index in [0.29, 0.717) is 13.0 Å². The van der Waals surface area contributed by atoms with Gasteiger partial charge in [-0.15, -0.1) is 0 Å². The number of aliphatic hydroxyl groups excluding tert-OH is 1. The first-order valence-corrected chi connectivity index (χ1v) is 2.92. The van der Waals surface area contributed by atoms with Crippen LogP contribution in [0.1, 0.15) is 13.3 Å². The van der Waals surface area contributed by atoms with Crippen LogP contribution in [-0.4, -0.2) is 75.7 Å². The van der Waals surface area contributed by atoms with Gasteiger partial charge in [-0.1, -0.05) is 0 Å². The molecule has 0 fully saturated rings. The molecule has 0 rings (SSSR count). The van der Waals surface area contributed by atoms with E-state index >= 15 is 0 Å². The van der Waals surface area contributed by atoms with Crippen LogP contribution in [0.2, 0.25) is 0 Å². The fraction of sp³-hybridized carbons (Fsp3) is 0.667. The Morgan fingerprint density at radius 1 is 1.70 bits per heavy atom. The maximum absolute atomic E-state index is 10.4. The molecule has 0 aliphatic rings. The molecule has 10 heavy (non-hydrogen) atoms. The monoisotopic (exact) mass is 171 g/mol. The predicted molar refractivity (Wildman–Crippen MR) is 39.8 cm³/mol. The summed E-state index contributed by atoms with van der Waals surface area (Å²) in [6.07, 6.45) is 1.70. The van der Waals surface area contributed by atoms with Gasteiger partial charge in [0.15, 0.2) is 0 Å². The summed E-state index contributed by atoms with van der Waals surface area (Å²) in [5.74, 6) is -0.355. The van der Waals surface area contributed by atoms with Gasteiger partial charge in [0.05, 0.1) is 13.0 Å². The van der Waals surface area contributed by atoms with Crippen LogP contribution in [0.15, 0.2) is 0 Å². The van der Waals surface area contributed by atoms with Crippen molar-refractivity contribution in [2.75, 3.05) is 13.2 Å². The van der Waals surface area contributed by atoms with Gasteiger partial charge in [-0.25, -0.2) is 0 Å². The second-order valence-corrected chi connectivity index (χ2v) is 1.47. The van der Waals surface area contributed by atoms with Crippen molar-refractivity contribution in [1.29, 1.82) is 0 Å². The molecular formula is C6H12KO3. The molecule has 0 unspecified atom stereocenters. The number of hydrogen-bond donors (Lipinski definition) is 1. The normalized spacial score (nSPS) is 8.20. The van der Waals surface area contributed by atoms with Gasteiger partial charge in [0.1, 0.15) is 0 Å². The van der Waals surface area contributed by atoms with E-state index in [-0.39, 0.29) is 64.0 Å². The zero-order chi connectivity index (χ0) is 7.11. The summed E-state index contributed by atoms with van der Waals surface area (Å²) < 4.78 is 4.54. The van der Waals surface area contributed by atoms with E-state index in [1.54, 1.807) is 6.92 Å². The maximum atomic E-state index is 10.4. The zero-order valence-corrected chi connectivity index (χ0v) is 5.46. The summed E-state index contributed by atoms with van der Waals surface area (Å²) in [6, 6.07) is 0. The van der Waals surface area contributed by atoms with E-state index < -0.39 is 0 Å². The van der Waals surface area contributed by atoms with Crippen molar-refractivity contribution in [3.05, 3.63) is 6.42 Å². The van der Waals surface area contributed by atoms with Crippen molar-refractivity contribution < 1.29 is 14.6 Å². The van der Waals surface area contributed by atoms with Crippen LogP contribution in [0.3, 0.4) is 0 Å². The average Bonchev–Trinajstić information content (AvgIpc) is 1.85. The molecule has 0 saturated carbocycles. The summed E-state index contributed by atoms with van der Waals surface area (Å²) in [4.78, 5) is 10.4. The van der Waals surface area contributed by atoms with Crippen LogP contribution in [0.4, 0.5) is 0 Å². The molecule has 0 aromatic heterocycles. The molecule has 0 aliphatic heterocycles. The Hall–Kier alpha value is 1.07. The van der Waals surface area contributed by atoms with Crippen LogP contribution in [0.5, 0.6) is 0 Å². The molecule has 0 aliphatic carbocycles. The summed E-state index contributed by atoms with van der Waals surface area (Å²) in [5.41, 5.74) is 0. The Morgan fingerprint density at radius 3 is 2.70 bits per heavy atom. The van der Waals surface area contributed by atoms with E-state index in [2.05, 4.69) is 4.74 Å². The van der Waals surface area contributed by atoms with Gasteiger partial charge in [-0.05, 0) is 13.3 Å². The third kappa shape index (κ3) is 9.07. The number of aliphatic hydroxyl groups is 1. The molecule has 0 saturated heterocycles. The van der Waals surface area contributed by atoms with Crippen molar-refractivity contribution in [2.24, 2.45) is 0 Å². The minimum absolute atomic E-state index is 0. The van der Waals surface area contributed by atoms with Gasteiger partial charge < -0.3 is 9.84 Å². The van der Waals surface area contributed by atoms with E-state index in [0.717, 1.165) is 0 Å². The molecular weight excluding hydrogens is 159 g/mol. The topological polar surface area (TPSA) is 46.5 Å². The van der Waals surface area contributed by atoms with Gasteiger partial charge in [0.25, 0.3) is 0 Å². The Morgan fingerprint density at radius 2 is 2.30 bits per heavy atom. The second-order valence-electron chi connectivity index (χ2n) is 1.47. The first-order chi connectivity index (χ1) is 4.31. The molecule has 55 valence electrons. The Labute approximate surface area is 104 Å². The number of rotatable bonds is 4. The Kier molecular flexibility index (Phi) is 13.7. The van der Waals surface area contributed by atoms with Gasteiger partial charge >= 0.3 is 57.4 Å². The molecule has 0 amide bonds. The number of carbonyl (C=O) groups excluding carboxylic acids is 1. The standard InChI is InChI=1S/C6H11O3.K.H/c1-2-9-6(8)4-3-5-7;;/h4,7H,2-3,5H2,1H3;;. The summed E-state index contributed by atoms with van der Waals surface area (Å²) >= 11 is 0. The minimum atomic E-state index is -0.355. The number of hydrogen-bond acceptors (Lipinski definition) is 3. The number of ether oxygens (including phenoxy) is 1. The third-order valence-corrected chi connectivity index (χ3v) is 0.727. The van der Waals surface area contributed by atoms with Gasteiger partial charge in [0, 0.05) is 6.61 Å². The number of esters is 1. The molecule has 0 atom stereocenters. The first kappa shape index (κ1) is 13.6. The van der Waals surface area contributed by atoms with Crippen LogP contribution in [-0.2, 0) is 9.53 Å². The fourth-order valence-corrected chi connectivity index (χ4v) is 0.384. The molecule has 0 aromatic carbocycles. The molecule has 0 spiro atoms. The van der Waals surface area contributed by atoms with Crippen molar-refractivity contribution >= 4 is 57.4 Å². The van der Waals surface area contributed by atoms with Gasteiger partial charge in [-0.3, -0.25) is 4.79 Å².